The van der Waals surface area contributed by atoms with Gasteiger partial charge in [-0.2, -0.15) is 0 Å². The summed E-state index contributed by atoms with van der Waals surface area (Å²) in [6.07, 6.45) is 0.732. The molecular formula is C24H30N2O4. The Labute approximate surface area is 177 Å². The van der Waals surface area contributed by atoms with Gasteiger partial charge in [0.15, 0.2) is 0 Å². The van der Waals surface area contributed by atoms with Crippen molar-refractivity contribution in [3.63, 3.8) is 0 Å². The van der Waals surface area contributed by atoms with E-state index in [1.807, 2.05) is 26.0 Å². The number of ketones is 1. The zero-order valence-electron chi connectivity index (χ0n) is 18.1. The van der Waals surface area contributed by atoms with Crippen LogP contribution in [0.5, 0.6) is 0 Å². The molecule has 0 bridgehead atoms. The van der Waals surface area contributed by atoms with Crippen molar-refractivity contribution >= 4 is 17.4 Å². The lowest BCUT2D eigenvalue weighted by molar-refractivity contribution is -0.140. The molecule has 1 aliphatic rings. The SMILES string of the molecule is CCN(CC)CCCN1C(=O)C(=O)/C(=C(/O)c2ccc(C)cc2)[C@@H]1c1ccc(C)o1. The van der Waals surface area contributed by atoms with E-state index in [0.717, 1.165) is 31.6 Å². The molecule has 0 spiro atoms. The average Bonchev–Trinajstić information content (AvgIpc) is 3.27. The lowest BCUT2D eigenvalue weighted by atomic mass is 9.99. The molecule has 0 unspecified atom stereocenters. The first-order valence-electron chi connectivity index (χ1n) is 10.5. The van der Waals surface area contributed by atoms with Crippen molar-refractivity contribution in [2.45, 2.75) is 40.2 Å². The van der Waals surface area contributed by atoms with Crippen LogP contribution >= 0.6 is 0 Å². The first kappa shape index (κ1) is 21.8. The van der Waals surface area contributed by atoms with Gasteiger partial charge in [0, 0.05) is 12.1 Å². The maximum absolute atomic E-state index is 12.9. The standard InChI is InChI=1S/C24H30N2O4/c1-5-25(6-2)14-7-15-26-21(19-13-10-17(4)30-19)20(23(28)24(26)29)22(27)18-11-8-16(3)9-12-18/h8-13,21,27H,5-7,14-15H2,1-4H3/b22-20+/t21-/m0/s1. The fraction of sp³-hybridized carbons (Fsp3) is 0.417. The first-order valence-corrected chi connectivity index (χ1v) is 10.5. The number of nitrogens with zero attached hydrogens (tertiary/aromatic N) is 2. The lowest BCUT2D eigenvalue weighted by Crippen LogP contribution is -2.33. The molecule has 3 rings (SSSR count). The largest absolute Gasteiger partial charge is 0.507 e. The van der Waals surface area contributed by atoms with Crippen LogP contribution in [0.4, 0.5) is 0 Å². The number of aliphatic hydroxyl groups is 1. The van der Waals surface area contributed by atoms with Crippen LogP contribution in [-0.4, -0.2) is 52.8 Å². The Morgan fingerprint density at radius 1 is 1.07 bits per heavy atom. The second kappa shape index (κ2) is 9.30. The molecule has 30 heavy (non-hydrogen) atoms. The monoisotopic (exact) mass is 410 g/mol. The number of carbonyl (C=O) groups is 2. The Morgan fingerprint density at radius 3 is 2.30 bits per heavy atom. The van der Waals surface area contributed by atoms with Gasteiger partial charge in [-0.05, 0) is 52.0 Å². The topological polar surface area (TPSA) is 74.0 Å². The molecule has 1 aliphatic heterocycles. The van der Waals surface area contributed by atoms with E-state index in [-0.39, 0.29) is 11.3 Å². The smallest absolute Gasteiger partial charge is 0.295 e. The maximum atomic E-state index is 12.9. The summed E-state index contributed by atoms with van der Waals surface area (Å²) in [6, 6.07) is 10.1. The Kier molecular flexibility index (Phi) is 6.77. The number of hydrogen-bond donors (Lipinski definition) is 1. The highest BCUT2D eigenvalue weighted by molar-refractivity contribution is 6.46. The molecular weight excluding hydrogens is 380 g/mol. The number of benzene rings is 1. The predicted molar refractivity (Wildman–Crippen MR) is 116 cm³/mol. The summed E-state index contributed by atoms with van der Waals surface area (Å²) in [6.45, 7) is 11.1. The van der Waals surface area contributed by atoms with Crippen molar-refractivity contribution in [1.29, 1.82) is 0 Å². The maximum Gasteiger partial charge on any atom is 0.295 e. The third kappa shape index (κ3) is 4.33. The fourth-order valence-electron chi connectivity index (χ4n) is 3.88. The molecule has 6 nitrogen and oxygen atoms in total. The summed E-state index contributed by atoms with van der Waals surface area (Å²) >= 11 is 0. The van der Waals surface area contributed by atoms with Gasteiger partial charge >= 0.3 is 0 Å². The second-order valence-corrected chi connectivity index (χ2v) is 7.69. The van der Waals surface area contributed by atoms with E-state index in [4.69, 9.17) is 4.42 Å². The molecule has 160 valence electrons. The Morgan fingerprint density at radius 2 is 1.73 bits per heavy atom. The zero-order valence-corrected chi connectivity index (χ0v) is 18.1. The quantitative estimate of drug-likeness (QED) is 0.404. The summed E-state index contributed by atoms with van der Waals surface area (Å²) in [4.78, 5) is 29.6. The van der Waals surface area contributed by atoms with Gasteiger partial charge in [-0.3, -0.25) is 9.59 Å². The van der Waals surface area contributed by atoms with E-state index >= 15 is 0 Å². The summed E-state index contributed by atoms with van der Waals surface area (Å²) in [5, 5.41) is 11.0. The minimum atomic E-state index is -0.725. The normalized spacial score (nSPS) is 18.6. The number of carbonyl (C=O) groups excluding carboxylic acids is 2. The van der Waals surface area contributed by atoms with Crippen LogP contribution in [0.3, 0.4) is 0 Å². The molecule has 1 N–H and O–H groups in total. The lowest BCUT2D eigenvalue weighted by Gasteiger charge is -2.25. The van der Waals surface area contributed by atoms with Crippen LogP contribution in [0.15, 0.2) is 46.4 Å². The van der Waals surface area contributed by atoms with Gasteiger partial charge in [0.2, 0.25) is 0 Å². The molecule has 1 fully saturated rings. The second-order valence-electron chi connectivity index (χ2n) is 7.69. The molecule has 2 aromatic rings. The van der Waals surface area contributed by atoms with Crippen LogP contribution in [0.1, 0.15) is 49.0 Å². The molecule has 6 heteroatoms. The number of hydrogen-bond acceptors (Lipinski definition) is 5. The van der Waals surface area contributed by atoms with E-state index in [0.29, 0.717) is 23.6 Å². The predicted octanol–water partition coefficient (Wildman–Crippen LogP) is 4.05. The molecule has 1 aromatic carbocycles. The summed E-state index contributed by atoms with van der Waals surface area (Å²) in [5.41, 5.74) is 1.64. The van der Waals surface area contributed by atoms with Crippen molar-refractivity contribution in [2.24, 2.45) is 0 Å². The van der Waals surface area contributed by atoms with Crippen LogP contribution in [0.2, 0.25) is 0 Å². The third-order valence-corrected chi connectivity index (χ3v) is 5.66. The van der Waals surface area contributed by atoms with E-state index < -0.39 is 17.7 Å². The summed E-state index contributed by atoms with van der Waals surface area (Å²) < 4.78 is 5.80. The molecule has 0 radical (unpaired) electrons. The Balaban J connectivity index is 1.99. The van der Waals surface area contributed by atoms with Crippen LogP contribution in [0.25, 0.3) is 5.76 Å². The van der Waals surface area contributed by atoms with Gasteiger partial charge in [-0.1, -0.05) is 43.7 Å². The average molecular weight is 411 g/mol. The van der Waals surface area contributed by atoms with Gasteiger partial charge < -0.3 is 19.3 Å². The van der Waals surface area contributed by atoms with Crippen LogP contribution < -0.4 is 0 Å². The highest BCUT2D eigenvalue weighted by Crippen LogP contribution is 2.40. The van der Waals surface area contributed by atoms with Crippen LogP contribution in [-0.2, 0) is 9.59 Å². The van der Waals surface area contributed by atoms with E-state index in [1.54, 1.807) is 24.3 Å². The molecule has 1 aromatic heterocycles. The van der Waals surface area contributed by atoms with Gasteiger partial charge in [-0.15, -0.1) is 0 Å². The zero-order chi connectivity index (χ0) is 21.8. The number of Topliss-reactive ketones (excluding diaryl/α,β-unsaturated/α-hetero) is 1. The number of furan rings is 1. The van der Waals surface area contributed by atoms with Gasteiger partial charge in [0.25, 0.3) is 11.7 Å². The van der Waals surface area contributed by atoms with Crippen molar-refractivity contribution in [2.75, 3.05) is 26.2 Å². The van der Waals surface area contributed by atoms with Gasteiger partial charge in [0.1, 0.15) is 23.3 Å². The fourth-order valence-corrected chi connectivity index (χ4v) is 3.88. The van der Waals surface area contributed by atoms with Gasteiger partial charge in [0.05, 0.1) is 5.57 Å². The summed E-state index contributed by atoms with van der Waals surface area (Å²) in [7, 11) is 0. The highest BCUT2D eigenvalue weighted by atomic mass is 16.3. The van der Waals surface area contributed by atoms with Crippen molar-refractivity contribution in [3.05, 3.63) is 64.6 Å². The minimum Gasteiger partial charge on any atom is -0.507 e. The minimum absolute atomic E-state index is 0.0843. The van der Waals surface area contributed by atoms with Gasteiger partial charge in [-0.25, -0.2) is 0 Å². The molecule has 0 saturated carbocycles. The number of amides is 1. The molecule has 0 aliphatic carbocycles. The Bertz CT molecular complexity index is 938. The third-order valence-electron chi connectivity index (χ3n) is 5.66. The van der Waals surface area contributed by atoms with E-state index in [1.165, 1.54) is 4.90 Å². The van der Waals surface area contributed by atoms with Crippen molar-refractivity contribution < 1.29 is 19.1 Å². The van der Waals surface area contributed by atoms with E-state index in [9.17, 15) is 14.7 Å². The molecule has 1 atom stereocenters. The van der Waals surface area contributed by atoms with Crippen molar-refractivity contribution in [1.82, 2.24) is 9.80 Å². The van der Waals surface area contributed by atoms with Crippen LogP contribution in [0, 0.1) is 13.8 Å². The number of likely N-dealkylation sites (tertiary alicyclic amines) is 1. The highest BCUT2D eigenvalue weighted by Gasteiger charge is 2.47. The number of aliphatic hydroxyl groups excluding tert-OH is 1. The van der Waals surface area contributed by atoms with Crippen molar-refractivity contribution in [3.8, 4) is 0 Å². The Hall–Kier alpha value is -2.86. The molecule has 1 amide bonds. The summed E-state index contributed by atoms with van der Waals surface area (Å²) in [5.74, 6) is -0.256. The van der Waals surface area contributed by atoms with E-state index in [2.05, 4.69) is 18.7 Å². The number of rotatable bonds is 8. The first-order chi connectivity index (χ1) is 14.4. The molecule has 2 heterocycles. The number of aryl methyl sites for hydroxylation is 2. The molecule has 1 saturated heterocycles.